The van der Waals surface area contributed by atoms with E-state index in [9.17, 15) is 9.59 Å². The lowest BCUT2D eigenvalue weighted by atomic mass is 9.65. The number of carbonyl (C=O) groups is 2. The van der Waals surface area contributed by atoms with E-state index in [0.29, 0.717) is 48.2 Å². The van der Waals surface area contributed by atoms with Gasteiger partial charge in [0.25, 0.3) is 0 Å². The summed E-state index contributed by atoms with van der Waals surface area (Å²) in [6, 6.07) is 2.22. The van der Waals surface area contributed by atoms with Gasteiger partial charge in [0.2, 0.25) is 11.8 Å². The average molecular weight is 508 g/mol. The van der Waals surface area contributed by atoms with Crippen LogP contribution < -0.4 is 4.90 Å². The van der Waals surface area contributed by atoms with Crippen LogP contribution in [-0.2, 0) is 9.59 Å². The van der Waals surface area contributed by atoms with Gasteiger partial charge in [-0.25, -0.2) is 9.97 Å². The van der Waals surface area contributed by atoms with E-state index in [-0.39, 0.29) is 28.7 Å². The molecule has 3 heterocycles. The number of amides is 2. The summed E-state index contributed by atoms with van der Waals surface area (Å²) < 4.78 is 0. The number of carbonyl (C=O) groups excluding carboxylic acids is 2. The van der Waals surface area contributed by atoms with Crippen molar-refractivity contribution in [2.45, 2.75) is 84.0 Å². The molecule has 3 aliphatic rings. The lowest BCUT2D eigenvalue weighted by Gasteiger charge is -2.40. The second-order valence-corrected chi connectivity index (χ2v) is 12.8. The molecule has 1 saturated carbocycles. The van der Waals surface area contributed by atoms with Gasteiger partial charge < -0.3 is 14.7 Å². The monoisotopic (exact) mass is 507 g/mol. The Balaban J connectivity index is 1.38. The van der Waals surface area contributed by atoms with Gasteiger partial charge in [-0.1, -0.05) is 51.1 Å². The van der Waals surface area contributed by atoms with Gasteiger partial charge in [-0.2, -0.15) is 0 Å². The Morgan fingerprint density at radius 3 is 2.62 bits per heavy atom. The summed E-state index contributed by atoms with van der Waals surface area (Å²) in [4.78, 5) is 40.8. The first-order chi connectivity index (χ1) is 16.0. The van der Waals surface area contributed by atoms with Crippen LogP contribution in [0.4, 0.5) is 5.82 Å². The number of likely N-dealkylation sites (tertiary alicyclic amines) is 1. The molecule has 3 fully saturated rings. The molecule has 3 atom stereocenters. The molecule has 7 nitrogen and oxygen atoms in total. The third kappa shape index (κ3) is 5.64. The molecule has 188 valence electrons. The van der Waals surface area contributed by atoms with Crippen molar-refractivity contribution in [2.24, 2.45) is 10.8 Å². The summed E-state index contributed by atoms with van der Waals surface area (Å²) in [6.07, 6.45) is 4.80. The van der Waals surface area contributed by atoms with Crippen molar-refractivity contribution in [2.75, 3.05) is 36.8 Å². The highest BCUT2D eigenvalue weighted by molar-refractivity contribution is 7.99. The van der Waals surface area contributed by atoms with Gasteiger partial charge in [-0.3, -0.25) is 9.59 Å². The topological polar surface area (TPSA) is 69.6 Å². The second kappa shape index (κ2) is 9.84. The van der Waals surface area contributed by atoms with Gasteiger partial charge in [0, 0.05) is 50.7 Å². The van der Waals surface area contributed by atoms with E-state index >= 15 is 0 Å². The standard InChI is InChI=1S/C25H38ClN5O2S/c1-6-7-21(32)30-9-8-29(13-17(30)2)20-10-19(26)27-23(28-20)34-14-22(33)31-16-25(5)12-18(31)11-24(3,4)15-25/h10,17-18H,6-9,11-16H2,1-5H3. The maximum absolute atomic E-state index is 13.2. The number of rotatable bonds is 6. The van der Waals surface area contributed by atoms with Crippen LogP contribution in [0.3, 0.4) is 0 Å². The molecule has 1 aliphatic carbocycles. The SMILES string of the molecule is CCCC(=O)N1CCN(c2cc(Cl)nc(SCC(=O)N3CC4(C)CC3CC(C)(C)C4)n2)CC1C. The number of hydrogen-bond donors (Lipinski definition) is 0. The second-order valence-electron chi connectivity index (χ2n) is 11.5. The third-order valence-corrected chi connectivity index (χ3v) is 8.48. The number of fused-ring (bicyclic) bond motifs is 2. The van der Waals surface area contributed by atoms with E-state index in [1.54, 1.807) is 6.07 Å². The van der Waals surface area contributed by atoms with Gasteiger partial charge in [0.1, 0.15) is 11.0 Å². The van der Waals surface area contributed by atoms with Crippen LogP contribution in [0.25, 0.3) is 0 Å². The Labute approximate surface area is 213 Å². The Hall–Kier alpha value is -1.54. The summed E-state index contributed by atoms with van der Waals surface area (Å²) in [6.45, 7) is 14.0. The van der Waals surface area contributed by atoms with E-state index in [0.717, 1.165) is 31.6 Å². The number of piperazine rings is 1. The van der Waals surface area contributed by atoms with Crippen LogP contribution in [0.15, 0.2) is 11.2 Å². The number of hydrogen-bond acceptors (Lipinski definition) is 6. The summed E-state index contributed by atoms with van der Waals surface area (Å²) in [5.41, 5.74) is 0.511. The molecule has 9 heteroatoms. The first-order valence-electron chi connectivity index (χ1n) is 12.5. The minimum absolute atomic E-state index is 0.111. The molecule has 4 rings (SSSR count). The molecule has 0 aromatic carbocycles. The predicted molar refractivity (Wildman–Crippen MR) is 137 cm³/mol. The fourth-order valence-electron chi connectivity index (χ4n) is 6.47. The van der Waals surface area contributed by atoms with Gasteiger partial charge in [-0.15, -0.1) is 0 Å². The molecule has 2 amide bonds. The molecular formula is C25H38ClN5O2S. The van der Waals surface area contributed by atoms with Crippen LogP contribution in [0.2, 0.25) is 5.15 Å². The molecule has 0 spiro atoms. The highest BCUT2D eigenvalue weighted by Crippen LogP contribution is 2.52. The van der Waals surface area contributed by atoms with E-state index in [4.69, 9.17) is 16.6 Å². The Kier molecular flexibility index (Phi) is 7.40. The molecule has 34 heavy (non-hydrogen) atoms. The Morgan fingerprint density at radius 2 is 1.91 bits per heavy atom. The summed E-state index contributed by atoms with van der Waals surface area (Å²) in [5, 5.41) is 0.907. The normalized spacial score (nSPS) is 28.4. The maximum atomic E-state index is 13.2. The molecule has 2 aliphatic heterocycles. The van der Waals surface area contributed by atoms with Crippen molar-refractivity contribution < 1.29 is 9.59 Å². The van der Waals surface area contributed by atoms with Crippen LogP contribution in [-0.4, -0.2) is 75.6 Å². The molecule has 2 saturated heterocycles. The molecule has 0 N–H and O–H groups in total. The molecule has 0 radical (unpaired) electrons. The lowest BCUT2D eigenvalue weighted by Crippen LogP contribution is -2.54. The zero-order valence-corrected chi connectivity index (χ0v) is 22.7. The summed E-state index contributed by atoms with van der Waals surface area (Å²) in [7, 11) is 0. The average Bonchev–Trinajstić information content (AvgIpc) is 3.00. The zero-order chi connectivity index (χ0) is 24.7. The van der Waals surface area contributed by atoms with E-state index in [1.165, 1.54) is 18.2 Å². The predicted octanol–water partition coefficient (Wildman–Crippen LogP) is 4.49. The van der Waals surface area contributed by atoms with Gasteiger partial charge >= 0.3 is 0 Å². The number of halogens is 1. The third-order valence-electron chi connectivity index (χ3n) is 7.46. The van der Waals surface area contributed by atoms with Crippen molar-refractivity contribution in [1.82, 2.24) is 19.8 Å². The van der Waals surface area contributed by atoms with Crippen LogP contribution in [0.1, 0.15) is 66.7 Å². The smallest absolute Gasteiger partial charge is 0.233 e. The van der Waals surface area contributed by atoms with Crippen molar-refractivity contribution in [1.29, 1.82) is 0 Å². The van der Waals surface area contributed by atoms with Crippen molar-refractivity contribution >= 4 is 41.0 Å². The van der Waals surface area contributed by atoms with Crippen molar-refractivity contribution in [3.05, 3.63) is 11.2 Å². The van der Waals surface area contributed by atoms with Crippen LogP contribution in [0.5, 0.6) is 0 Å². The minimum atomic E-state index is 0.111. The molecule has 2 bridgehead atoms. The van der Waals surface area contributed by atoms with Crippen LogP contribution in [0, 0.1) is 10.8 Å². The highest BCUT2D eigenvalue weighted by Gasteiger charge is 2.50. The number of aromatic nitrogens is 2. The highest BCUT2D eigenvalue weighted by atomic mass is 35.5. The van der Waals surface area contributed by atoms with Gasteiger partial charge in [-0.05, 0) is 43.4 Å². The summed E-state index contributed by atoms with van der Waals surface area (Å²) >= 11 is 7.70. The molecular weight excluding hydrogens is 470 g/mol. The van der Waals surface area contributed by atoms with E-state index in [1.807, 2.05) is 11.8 Å². The largest absolute Gasteiger partial charge is 0.353 e. The Morgan fingerprint density at radius 1 is 1.15 bits per heavy atom. The number of nitrogens with zero attached hydrogens (tertiary/aromatic N) is 5. The molecule has 1 aromatic rings. The number of thioether (sulfide) groups is 1. The first kappa shape index (κ1) is 25.5. The fourth-order valence-corrected chi connectivity index (χ4v) is 7.43. The van der Waals surface area contributed by atoms with Gasteiger partial charge in [0.15, 0.2) is 5.16 Å². The number of anilines is 1. The lowest BCUT2D eigenvalue weighted by molar-refractivity contribution is -0.133. The van der Waals surface area contributed by atoms with E-state index < -0.39 is 0 Å². The molecule has 1 aromatic heterocycles. The van der Waals surface area contributed by atoms with Crippen LogP contribution >= 0.6 is 23.4 Å². The maximum Gasteiger partial charge on any atom is 0.233 e. The fraction of sp³-hybridized carbons (Fsp3) is 0.760. The zero-order valence-electron chi connectivity index (χ0n) is 21.1. The Bertz CT molecular complexity index is 944. The van der Waals surface area contributed by atoms with Crippen molar-refractivity contribution in [3.63, 3.8) is 0 Å². The first-order valence-corrected chi connectivity index (χ1v) is 13.9. The van der Waals surface area contributed by atoms with Crippen molar-refractivity contribution in [3.8, 4) is 0 Å². The summed E-state index contributed by atoms with van der Waals surface area (Å²) in [5.74, 6) is 1.46. The quantitative estimate of drug-likeness (QED) is 0.321. The van der Waals surface area contributed by atoms with Gasteiger partial charge in [0.05, 0.1) is 5.75 Å². The van der Waals surface area contributed by atoms with E-state index in [2.05, 4.69) is 42.5 Å². The minimum Gasteiger partial charge on any atom is -0.353 e. The molecule has 3 unspecified atom stereocenters.